The predicted molar refractivity (Wildman–Crippen MR) is 101 cm³/mol. The first-order chi connectivity index (χ1) is 11.9. The molecule has 1 aliphatic rings. The van der Waals surface area contributed by atoms with Crippen molar-refractivity contribution in [2.75, 3.05) is 12.3 Å². The number of hydrogen-bond acceptors (Lipinski definition) is 5. The van der Waals surface area contributed by atoms with Gasteiger partial charge in [-0.25, -0.2) is 4.79 Å². The van der Waals surface area contributed by atoms with Crippen LogP contribution in [0.3, 0.4) is 0 Å². The molecular weight excluding hydrogens is 335 g/mol. The monoisotopic (exact) mass is 360 g/mol. The fraction of sp³-hybridized carbons (Fsp3) is 0.444. The minimum Gasteiger partial charge on any atom is -0.478 e. The predicted octanol–water partition coefficient (Wildman–Crippen LogP) is 2.12. The number of nitrogen functional groups attached to an aromatic ring is 1. The topological polar surface area (TPSA) is 111 Å². The number of nitrogens with two attached hydrogens (primary N) is 1. The molecule has 1 heterocycles. The van der Waals surface area contributed by atoms with Crippen molar-refractivity contribution in [1.82, 2.24) is 5.32 Å². The summed E-state index contributed by atoms with van der Waals surface area (Å²) in [5, 5.41) is 12.1. The minimum atomic E-state index is -1.09. The Kier molecular flexibility index (Phi) is 5.48. The van der Waals surface area contributed by atoms with Crippen LogP contribution < -0.4 is 11.1 Å². The largest absolute Gasteiger partial charge is 0.492 e. The summed E-state index contributed by atoms with van der Waals surface area (Å²) in [6.07, 6.45) is 1.62. The number of carboxylic acids is 1. The molecule has 0 spiro atoms. The summed E-state index contributed by atoms with van der Waals surface area (Å²) in [6.45, 7) is 9.23. The standard InChI is InChI=1S/C18H25BN2O5/c1-11(22)21-10-12(19-25-17(2,3)18(4,5)26-19)9-14-13(16(23)24)7-6-8-15(14)20/h6-9H,10,20H2,1-5H3,(H,21,22)(H,23,24). The van der Waals surface area contributed by atoms with E-state index in [-0.39, 0.29) is 18.0 Å². The van der Waals surface area contributed by atoms with Gasteiger partial charge in [0.25, 0.3) is 0 Å². The van der Waals surface area contributed by atoms with Crippen LogP contribution in [0.1, 0.15) is 50.5 Å². The summed E-state index contributed by atoms with van der Waals surface area (Å²) in [7, 11) is -0.729. The maximum absolute atomic E-state index is 11.5. The molecule has 1 amide bonds. The lowest BCUT2D eigenvalue weighted by Crippen LogP contribution is -2.41. The van der Waals surface area contributed by atoms with Crippen molar-refractivity contribution in [3.05, 3.63) is 34.8 Å². The molecule has 1 fully saturated rings. The van der Waals surface area contributed by atoms with Gasteiger partial charge in [-0.2, -0.15) is 0 Å². The normalized spacial score (nSPS) is 18.7. The second-order valence-electron chi connectivity index (χ2n) is 7.33. The van der Waals surface area contributed by atoms with Crippen molar-refractivity contribution in [3.63, 3.8) is 0 Å². The Labute approximate surface area is 153 Å². The number of carbonyl (C=O) groups excluding carboxylic acids is 1. The van der Waals surface area contributed by atoms with E-state index in [0.717, 1.165) is 0 Å². The van der Waals surface area contributed by atoms with E-state index < -0.39 is 24.3 Å². The fourth-order valence-corrected chi connectivity index (χ4v) is 2.54. The van der Waals surface area contributed by atoms with Crippen LogP contribution in [-0.4, -0.2) is 41.8 Å². The number of aromatic carboxylic acids is 1. The first kappa shape index (κ1) is 20.0. The highest BCUT2D eigenvalue weighted by Gasteiger charge is 2.52. The lowest BCUT2D eigenvalue weighted by atomic mass is 9.76. The molecule has 2 rings (SSSR count). The molecule has 0 saturated carbocycles. The quantitative estimate of drug-likeness (QED) is 0.548. The van der Waals surface area contributed by atoms with Gasteiger partial charge in [0.15, 0.2) is 0 Å². The van der Waals surface area contributed by atoms with Crippen LogP contribution in [0.4, 0.5) is 5.69 Å². The second-order valence-corrected chi connectivity index (χ2v) is 7.33. The summed E-state index contributed by atoms with van der Waals surface area (Å²) >= 11 is 0. The van der Waals surface area contributed by atoms with Gasteiger partial charge in [-0.1, -0.05) is 12.1 Å². The number of amides is 1. The van der Waals surface area contributed by atoms with E-state index in [1.165, 1.54) is 13.0 Å². The Morgan fingerprint density at radius 3 is 2.31 bits per heavy atom. The third kappa shape index (κ3) is 4.08. The number of carboxylic acid groups (broad SMARTS) is 1. The van der Waals surface area contributed by atoms with E-state index in [1.54, 1.807) is 18.2 Å². The average molecular weight is 360 g/mol. The van der Waals surface area contributed by atoms with Gasteiger partial charge >= 0.3 is 13.1 Å². The molecule has 0 atom stereocenters. The Morgan fingerprint density at radius 1 is 1.23 bits per heavy atom. The van der Waals surface area contributed by atoms with Crippen LogP contribution in [0.25, 0.3) is 6.08 Å². The van der Waals surface area contributed by atoms with Gasteiger partial charge in [0.05, 0.1) is 16.8 Å². The summed E-state index contributed by atoms with van der Waals surface area (Å²) < 4.78 is 12.1. The summed E-state index contributed by atoms with van der Waals surface area (Å²) in [4.78, 5) is 22.9. The van der Waals surface area contributed by atoms with E-state index in [4.69, 9.17) is 15.0 Å². The summed E-state index contributed by atoms with van der Waals surface area (Å²) in [5.41, 5.74) is 6.19. The molecule has 1 aromatic carbocycles. The molecule has 8 heteroatoms. The number of hydrogen-bond donors (Lipinski definition) is 3. The number of carbonyl (C=O) groups is 2. The average Bonchev–Trinajstić information content (AvgIpc) is 2.72. The van der Waals surface area contributed by atoms with Crippen molar-refractivity contribution < 1.29 is 24.0 Å². The first-order valence-electron chi connectivity index (χ1n) is 8.37. The summed E-state index contributed by atoms with van der Waals surface area (Å²) in [6, 6.07) is 4.68. The third-order valence-corrected chi connectivity index (χ3v) is 4.80. The molecular formula is C18H25BN2O5. The number of rotatable bonds is 5. The molecule has 1 aromatic rings. The van der Waals surface area contributed by atoms with Crippen molar-refractivity contribution in [1.29, 1.82) is 0 Å². The highest BCUT2D eigenvalue weighted by atomic mass is 16.7. The molecule has 0 aromatic heterocycles. The molecule has 0 unspecified atom stereocenters. The summed E-state index contributed by atoms with van der Waals surface area (Å²) in [5.74, 6) is -1.30. The van der Waals surface area contributed by atoms with Crippen LogP contribution in [0, 0.1) is 0 Å². The zero-order chi connectivity index (χ0) is 19.7. The van der Waals surface area contributed by atoms with Crippen LogP contribution in [0.5, 0.6) is 0 Å². The Hall–Kier alpha value is -2.32. The molecule has 0 radical (unpaired) electrons. The van der Waals surface area contributed by atoms with Gasteiger partial charge < -0.3 is 25.5 Å². The van der Waals surface area contributed by atoms with Crippen LogP contribution in [0.2, 0.25) is 0 Å². The van der Waals surface area contributed by atoms with Crippen molar-refractivity contribution in [2.24, 2.45) is 0 Å². The fourth-order valence-electron chi connectivity index (χ4n) is 2.54. The molecule has 7 nitrogen and oxygen atoms in total. The highest BCUT2D eigenvalue weighted by Crippen LogP contribution is 2.39. The molecule has 1 aliphatic heterocycles. The minimum absolute atomic E-state index is 0.0712. The van der Waals surface area contributed by atoms with Gasteiger partial charge in [-0.05, 0) is 45.3 Å². The Bertz CT molecular complexity index is 742. The number of nitrogens with one attached hydrogen (secondary N) is 1. The van der Waals surface area contributed by atoms with E-state index in [2.05, 4.69) is 5.32 Å². The Morgan fingerprint density at radius 2 is 1.81 bits per heavy atom. The van der Waals surface area contributed by atoms with Gasteiger partial charge in [-0.15, -0.1) is 0 Å². The molecule has 0 bridgehead atoms. The van der Waals surface area contributed by atoms with Gasteiger partial charge in [0, 0.05) is 24.7 Å². The lowest BCUT2D eigenvalue weighted by molar-refractivity contribution is -0.118. The maximum atomic E-state index is 11.5. The van der Waals surface area contributed by atoms with Crippen molar-refractivity contribution in [2.45, 2.75) is 45.8 Å². The van der Waals surface area contributed by atoms with E-state index in [1.807, 2.05) is 27.7 Å². The smallest absolute Gasteiger partial charge is 0.478 e. The van der Waals surface area contributed by atoms with Crippen LogP contribution >= 0.6 is 0 Å². The number of benzene rings is 1. The SMILES string of the molecule is CC(=O)NCC(=Cc1c(N)cccc1C(=O)O)B1OC(C)(C)C(C)(C)O1. The number of anilines is 1. The van der Waals surface area contributed by atoms with Crippen molar-refractivity contribution >= 4 is 30.8 Å². The molecule has 1 saturated heterocycles. The van der Waals surface area contributed by atoms with Crippen molar-refractivity contribution in [3.8, 4) is 0 Å². The van der Waals surface area contributed by atoms with E-state index >= 15 is 0 Å². The first-order valence-corrected chi connectivity index (χ1v) is 8.37. The van der Waals surface area contributed by atoms with E-state index in [9.17, 15) is 14.7 Å². The molecule has 0 aliphatic carbocycles. The van der Waals surface area contributed by atoms with Gasteiger partial charge in [0.1, 0.15) is 0 Å². The molecule has 140 valence electrons. The molecule has 26 heavy (non-hydrogen) atoms. The highest BCUT2D eigenvalue weighted by molar-refractivity contribution is 6.56. The maximum Gasteiger partial charge on any atom is 0.492 e. The lowest BCUT2D eigenvalue weighted by Gasteiger charge is -2.32. The van der Waals surface area contributed by atoms with Gasteiger partial charge in [0.2, 0.25) is 5.91 Å². The Balaban J connectivity index is 2.49. The zero-order valence-electron chi connectivity index (χ0n) is 15.8. The zero-order valence-corrected chi connectivity index (χ0v) is 15.8. The second kappa shape index (κ2) is 7.13. The third-order valence-electron chi connectivity index (χ3n) is 4.80. The van der Waals surface area contributed by atoms with Crippen LogP contribution in [-0.2, 0) is 14.1 Å². The van der Waals surface area contributed by atoms with Crippen LogP contribution in [0.15, 0.2) is 23.7 Å². The van der Waals surface area contributed by atoms with Gasteiger partial charge in [-0.3, -0.25) is 4.79 Å². The molecule has 4 N–H and O–H groups in total. The van der Waals surface area contributed by atoms with E-state index in [0.29, 0.717) is 16.7 Å².